The smallest absolute Gasteiger partial charge is 0.407 e. The van der Waals surface area contributed by atoms with Gasteiger partial charge in [0.05, 0.1) is 6.20 Å². The molecular weight excluding hydrogens is 494 g/mol. The Morgan fingerprint density at radius 2 is 1.87 bits per heavy atom. The molecule has 10 heteroatoms. The number of hydrogen-bond donors (Lipinski definition) is 3. The van der Waals surface area contributed by atoms with E-state index in [0.717, 1.165) is 31.2 Å². The Morgan fingerprint density at radius 3 is 2.56 bits per heavy atom. The van der Waals surface area contributed by atoms with E-state index in [2.05, 4.69) is 32.0 Å². The van der Waals surface area contributed by atoms with E-state index in [-0.39, 0.29) is 18.7 Å². The summed E-state index contributed by atoms with van der Waals surface area (Å²) in [6, 6.07) is 11.8. The van der Waals surface area contributed by atoms with Crippen LogP contribution in [0.3, 0.4) is 0 Å². The van der Waals surface area contributed by atoms with Crippen LogP contribution in [-0.4, -0.2) is 40.9 Å². The zero-order chi connectivity index (χ0) is 27.8. The van der Waals surface area contributed by atoms with E-state index in [9.17, 15) is 10.1 Å². The number of fused-ring (bicyclic) bond motifs is 2. The number of nitrogens with zero attached hydrogens (tertiary/aromatic N) is 4. The summed E-state index contributed by atoms with van der Waals surface area (Å²) in [5, 5.41) is 28.2. The van der Waals surface area contributed by atoms with Crippen LogP contribution in [-0.2, 0) is 11.3 Å². The van der Waals surface area contributed by atoms with Crippen molar-refractivity contribution < 1.29 is 14.3 Å². The Bertz CT molecular complexity index is 1220. The molecule has 1 amide bonds. The zero-order valence-corrected chi connectivity index (χ0v) is 22.9. The maximum absolute atomic E-state index is 12.4. The number of carbonyl (C=O) groups excluding carboxylic acids is 1. The molecule has 0 radical (unpaired) electrons. The van der Waals surface area contributed by atoms with Crippen molar-refractivity contribution in [2.45, 2.75) is 71.1 Å². The average molecular weight is 532 g/mol. The quantitative estimate of drug-likeness (QED) is 0.407. The highest BCUT2D eigenvalue weighted by Crippen LogP contribution is 2.43. The summed E-state index contributed by atoms with van der Waals surface area (Å²) < 4.78 is 11.0. The summed E-state index contributed by atoms with van der Waals surface area (Å²) in [6.45, 7) is 6.71. The van der Waals surface area contributed by atoms with Crippen LogP contribution in [0.4, 0.5) is 16.6 Å². The van der Waals surface area contributed by atoms with Gasteiger partial charge in [-0.15, -0.1) is 0 Å². The fourth-order valence-electron chi connectivity index (χ4n) is 5.71. The van der Waals surface area contributed by atoms with Gasteiger partial charge in [0, 0.05) is 24.7 Å². The Balaban J connectivity index is 1.36. The molecular formula is C29H37N7O3. The Labute approximate surface area is 230 Å². The molecule has 0 saturated heterocycles. The first kappa shape index (κ1) is 28.0. The molecule has 1 unspecified atom stereocenters. The number of nitrogens with one attached hydrogen (secondary N) is 3. The molecule has 206 valence electrons. The molecule has 1 aromatic carbocycles. The predicted molar refractivity (Wildman–Crippen MR) is 147 cm³/mol. The number of rotatable bonds is 9. The van der Waals surface area contributed by atoms with E-state index in [0.29, 0.717) is 53.9 Å². The van der Waals surface area contributed by atoms with Gasteiger partial charge in [-0.3, -0.25) is 0 Å². The molecule has 4 rings (SSSR count). The highest BCUT2D eigenvalue weighted by Gasteiger charge is 2.41. The summed E-state index contributed by atoms with van der Waals surface area (Å²) in [5.74, 6) is 2.77. The lowest BCUT2D eigenvalue weighted by Crippen LogP contribution is -2.52. The monoisotopic (exact) mass is 531 g/mol. The largest absolute Gasteiger partial charge is 0.478 e. The van der Waals surface area contributed by atoms with E-state index in [1.165, 1.54) is 12.6 Å². The second-order valence-corrected chi connectivity index (χ2v) is 11.3. The molecule has 39 heavy (non-hydrogen) atoms. The topological polar surface area (TPSA) is 145 Å². The number of para-hydroxylation sites is 1. The average Bonchev–Trinajstić information content (AvgIpc) is 2.89. The number of aromatic nitrogens is 2. The Hall–Kier alpha value is -4.05. The lowest BCUT2D eigenvalue weighted by atomic mass is 9.64. The van der Waals surface area contributed by atoms with Crippen LogP contribution in [0.15, 0.2) is 30.5 Å². The minimum absolute atomic E-state index is 0.0286. The van der Waals surface area contributed by atoms with E-state index in [1.807, 2.05) is 51.1 Å². The zero-order valence-electron chi connectivity index (χ0n) is 22.9. The first-order valence-corrected chi connectivity index (χ1v) is 13.6. The minimum Gasteiger partial charge on any atom is -0.478 e. The van der Waals surface area contributed by atoms with Gasteiger partial charge >= 0.3 is 6.09 Å². The third-order valence-electron chi connectivity index (χ3n) is 7.29. The summed E-state index contributed by atoms with van der Waals surface area (Å²) in [4.78, 5) is 21.3. The van der Waals surface area contributed by atoms with Crippen LogP contribution < -0.4 is 20.7 Å². The lowest BCUT2D eigenvalue weighted by Gasteiger charge is -2.46. The molecule has 2 saturated carbocycles. The molecule has 2 aliphatic carbocycles. The number of hydrogen-bond acceptors (Lipinski definition) is 9. The van der Waals surface area contributed by atoms with Crippen LogP contribution in [0.2, 0.25) is 0 Å². The molecule has 2 bridgehead atoms. The van der Waals surface area contributed by atoms with E-state index >= 15 is 0 Å². The molecule has 2 aromatic rings. The van der Waals surface area contributed by atoms with Crippen molar-refractivity contribution in [1.29, 1.82) is 10.5 Å². The van der Waals surface area contributed by atoms with Gasteiger partial charge in [0.2, 0.25) is 5.95 Å². The number of benzene rings is 1. The highest BCUT2D eigenvalue weighted by molar-refractivity contribution is 5.68. The van der Waals surface area contributed by atoms with Crippen LogP contribution in [0.1, 0.15) is 64.0 Å². The van der Waals surface area contributed by atoms with Crippen LogP contribution in [0.5, 0.6) is 5.75 Å². The van der Waals surface area contributed by atoms with Gasteiger partial charge in [-0.1, -0.05) is 24.6 Å². The molecule has 2 aliphatic rings. The summed E-state index contributed by atoms with van der Waals surface area (Å²) >= 11 is 0. The molecule has 0 spiro atoms. The summed E-state index contributed by atoms with van der Waals surface area (Å²) in [6.07, 6.45) is 6.57. The van der Waals surface area contributed by atoms with Gasteiger partial charge in [0.25, 0.3) is 0 Å². The number of nitriles is 2. The van der Waals surface area contributed by atoms with E-state index in [1.54, 1.807) is 0 Å². The first-order valence-electron chi connectivity index (χ1n) is 13.6. The third kappa shape index (κ3) is 7.73. The first-order chi connectivity index (χ1) is 18.8. The van der Waals surface area contributed by atoms with Crippen molar-refractivity contribution in [2.24, 2.45) is 17.8 Å². The van der Waals surface area contributed by atoms with Crippen molar-refractivity contribution in [2.75, 3.05) is 23.8 Å². The van der Waals surface area contributed by atoms with Gasteiger partial charge < -0.3 is 25.4 Å². The molecule has 10 nitrogen and oxygen atoms in total. The lowest BCUT2D eigenvalue weighted by molar-refractivity contribution is 0.0324. The molecule has 3 N–H and O–H groups in total. The Morgan fingerprint density at radius 1 is 1.13 bits per heavy atom. The fourth-order valence-corrected chi connectivity index (χ4v) is 5.71. The number of anilines is 2. The second kappa shape index (κ2) is 12.7. The summed E-state index contributed by atoms with van der Waals surface area (Å²) in [5.41, 5.74) is 0.746. The fraction of sp³-hybridized carbons (Fsp3) is 0.552. The minimum atomic E-state index is -0.515. The van der Waals surface area contributed by atoms with Crippen LogP contribution >= 0.6 is 0 Å². The number of amides is 1. The maximum atomic E-state index is 12.4. The molecule has 2 fully saturated rings. The number of ether oxygens (including phenoxy) is 2. The van der Waals surface area contributed by atoms with Crippen molar-refractivity contribution in [3.8, 4) is 17.9 Å². The second-order valence-electron chi connectivity index (χ2n) is 11.3. The van der Waals surface area contributed by atoms with E-state index < -0.39 is 5.60 Å². The third-order valence-corrected chi connectivity index (χ3v) is 7.29. The van der Waals surface area contributed by atoms with Gasteiger partial charge in [0.15, 0.2) is 6.61 Å². The normalized spacial score (nSPS) is 22.1. The van der Waals surface area contributed by atoms with Gasteiger partial charge in [-0.05, 0) is 70.3 Å². The summed E-state index contributed by atoms with van der Waals surface area (Å²) in [7, 11) is 0. The van der Waals surface area contributed by atoms with Crippen molar-refractivity contribution in [1.82, 2.24) is 15.3 Å². The highest BCUT2D eigenvalue weighted by atomic mass is 16.6. The van der Waals surface area contributed by atoms with Crippen LogP contribution in [0, 0.1) is 40.4 Å². The predicted octanol–water partition coefficient (Wildman–Crippen LogP) is 4.99. The standard InChI is InChI=1S/C29H37N7O3/c1-29(2,3)39-28(37)35-25-20-8-6-9-21(25)14-19(13-20)16-32-26-23(15-31)18-34-27(36-26)33-17-22-7-4-5-10-24(22)38-12-11-30/h4-5,7,10,18-21,25H,6,8-9,12-14,16-17H2,1-3H3,(H,35,37)(H2,32,33,34,36)/t19?,20-,21+,25-. The number of alkyl carbamates (subject to hydrolysis) is 1. The van der Waals surface area contributed by atoms with E-state index in [4.69, 9.17) is 14.7 Å². The maximum Gasteiger partial charge on any atom is 0.407 e. The molecule has 1 heterocycles. The van der Waals surface area contributed by atoms with Crippen molar-refractivity contribution in [3.63, 3.8) is 0 Å². The van der Waals surface area contributed by atoms with Crippen molar-refractivity contribution in [3.05, 3.63) is 41.6 Å². The molecule has 1 aromatic heterocycles. The van der Waals surface area contributed by atoms with Gasteiger partial charge in [-0.25, -0.2) is 9.78 Å². The Kier molecular flexibility index (Phi) is 9.08. The van der Waals surface area contributed by atoms with Crippen molar-refractivity contribution >= 4 is 17.9 Å². The van der Waals surface area contributed by atoms with Crippen LogP contribution in [0.25, 0.3) is 0 Å². The molecule has 0 aliphatic heterocycles. The van der Waals surface area contributed by atoms with Gasteiger partial charge in [0.1, 0.15) is 34.9 Å². The SMILES string of the molecule is CC(C)(C)OC(=O)N[C@@H]1[C@@H]2CCC[C@H]1CC(CNc1nc(NCc3ccccc3OCC#N)ncc1C#N)C2. The molecule has 4 atom stereocenters. The van der Waals surface area contributed by atoms with Gasteiger partial charge in [-0.2, -0.15) is 15.5 Å². The number of carbonyl (C=O) groups is 1.